The van der Waals surface area contributed by atoms with Gasteiger partial charge in [0.15, 0.2) is 6.61 Å². The standard InChI is InChI=1S/C23H24N4O2S/c28-22(27-13-5-2-6-14-27)16-29-20-11-9-18(10-12-20)15-24-26-23-25-21(17-30-23)19-7-3-1-4-8-19/h1,3-4,7-12,15,17H,2,5-6,13-14,16H2,(H,25,26). The van der Waals surface area contributed by atoms with Crippen LogP contribution in [0.1, 0.15) is 24.8 Å². The second kappa shape index (κ2) is 10.0. The molecule has 1 N–H and O–H groups in total. The summed E-state index contributed by atoms with van der Waals surface area (Å²) >= 11 is 1.51. The van der Waals surface area contributed by atoms with Crippen molar-refractivity contribution in [1.82, 2.24) is 9.88 Å². The van der Waals surface area contributed by atoms with Crippen LogP contribution in [-0.2, 0) is 4.79 Å². The third-order valence-electron chi connectivity index (χ3n) is 4.90. The van der Waals surface area contributed by atoms with Gasteiger partial charge in [0.2, 0.25) is 5.13 Å². The van der Waals surface area contributed by atoms with Gasteiger partial charge < -0.3 is 9.64 Å². The molecule has 1 aliphatic heterocycles. The molecule has 0 radical (unpaired) electrons. The molecule has 0 unspecified atom stereocenters. The lowest BCUT2D eigenvalue weighted by Gasteiger charge is -2.26. The lowest BCUT2D eigenvalue weighted by Crippen LogP contribution is -2.38. The predicted molar refractivity (Wildman–Crippen MR) is 121 cm³/mol. The van der Waals surface area contributed by atoms with Crippen LogP contribution in [0.3, 0.4) is 0 Å². The van der Waals surface area contributed by atoms with Crippen molar-refractivity contribution in [1.29, 1.82) is 0 Å². The molecule has 0 bridgehead atoms. The number of hydrogen-bond donors (Lipinski definition) is 1. The minimum absolute atomic E-state index is 0.0582. The number of aromatic nitrogens is 1. The van der Waals surface area contributed by atoms with Gasteiger partial charge in [0, 0.05) is 24.0 Å². The molecule has 0 aliphatic carbocycles. The Balaban J connectivity index is 1.26. The van der Waals surface area contributed by atoms with Crippen LogP contribution in [0.15, 0.2) is 65.1 Å². The van der Waals surface area contributed by atoms with Crippen LogP contribution in [0.2, 0.25) is 0 Å². The number of carbonyl (C=O) groups excluding carboxylic acids is 1. The van der Waals surface area contributed by atoms with Gasteiger partial charge in [0.05, 0.1) is 11.9 Å². The maximum Gasteiger partial charge on any atom is 0.260 e. The summed E-state index contributed by atoms with van der Waals surface area (Å²) in [5, 5.41) is 7.00. The number of ether oxygens (including phenoxy) is 1. The Morgan fingerprint density at radius 3 is 2.63 bits per heavy atom. The lowest BCUT2D eigenvalue weighted by atomic mass is 10.1. The number of amides is 1. The molecule has 6 nitrogen and oxygen atoms in total. The first kappa shape index (κ1) is 20.1. The molecule has 1 fully saturated rings. The van der Waals surface area contributed by atoms with E-state index < -0.39 is 0 Å². The van der Waals surface area contributed by atoms with E-state index in [-0.39, 0.29) is 12.5 Å². The number of carbonyl (C=O) groups is 1. The molecule has 1 amide bonds. The van der Waals surface area contributed by atoms with Gasteiger partial charge in [-0.25, -0.2) is 4.98 Å². The molecule has 7 heteroatoms. The first-order valence-electron chi connectivity index (χ1n) is 10.1. The summed E-state index contributed by atoms with van der Waals surface area (Å²) < 4.78 is 5.63. The number of thiazole rings is 1. The van der Waals surface area contributed by atoms with Crippen LogP contribution in [-0.4, -0.2) is 41.7 Å². The fourth-order valence-corrected chi connectivity index (χ4v) is 3.93. The number of rotatable bonds is 7. The molecule has 1 aromatic heterocycles. The molecule has 4 rings (SSSR count). The van der Waals surface area contributed by atoms with Gasteiger partial charge in [-0.15, -0.1) is 11.3 Å². The van der Waals surface area contributed by atoms with Crippen molar-refractivity contribution in [3.05, 3.63) is 65.5 Å². The second-order valence-electron chi connectivity index (χ2n) is 7.07. The third kappa shape index (κ3) is 5.45. The quantitative estimate of drug-likeness (QED) is 0.446. The Labute approximate surface area is 180 Å². The van der Waals surface area contributed by atoms with Crippen molar-refractivity contribution in [2.24, 2.45) is 5.10 Å². The van der Waals surface area contributed by atoms with Gasteiger partial charge in [-0.1, -0.05) is 30.3 Å². The number of anilines is 1. The first-order valence-corrected chi connectivity index (χ1v) is 11.0. The van der Waals surface area contributed by atoms with E-state index in [1.807, 2.05) is 64.9 Å². The van der Waals surface area contributed by atoms with Gasteiger partial charge in [0.1, 0.15) is 5.75 Å². The third-order valence-corrected chi connectivity index (χ3v) is 5.65. The maximum absolute atomic E-state index is 12.2. The summed E-state index contributed by atoms with van der Waals surface area (Å²) in [5.74, 6) is 0.737. The highest BCUT2D eigenvalue weighted by molar-refractivity contribution is 7.14. The largest absolute Gasteiger partial charge is 0.484 e. The summed E-state index contributed by atoms with van der Waals surface area (Å²) in [5.41, 5.74) is 5.91. The Kier molecular flexibility index (Phi) is 6.72. The number of benzene rings is 2. The molecule has 2 heterocycles. The first-order chi connectivity index (χ1) is 14.8. The Morgan fingerprint density at radius 1 is 1.10 bits per heavy atom. The van der Waals surface area contributed by atoms with Crippen molar-refractivity contribution in [3.8, 4) is 17.0 Å². The van der Waals surface area contributed by atoms with Crippen LogP contribution in [0.25, 0.3) is 11.3 Å². The lowest BCUT2D eigenvalue weighted by molar-refractivity contribution is -0.134. The molecular formula is C23H24N4O2S. The molecule has 154 valence electrons. The monoisotopic (exact) mass is 420 g/mol. The zero-order valence-corrected chi connectivity index (χ0v) is 17.5. The van der Waals surface area contributed by atoms with E-state index in [0.717, 1.165) is 47.9 Å². The SMILES string of the molecule is O=C(COc1ccc(C=NNc2nc(-c3ccccc3)cs2)cc1)N1CCCCC1. The van der Waals surface area contributed by atoms with Crippen LogP contribution >= 0.6 is 11.3 Å². The van der Waals surface area contributed by atoms with Crippen LogP contribution in [0.5, 0.6) is 5.75 Å². The summed E-state index contributed by atoms with van der Waals surface area (Å²) in [7, 11) is 0. The highest BCUT2D eigenvalue weighted by Gasteiger charge is 2.16. The zero-order chi connectivity index (χ0) is 20.6. The maximum atomic E-state index is 12.2. The summed E-state index contributed by atoms with van der Waals surface area (Å²) in [4.78, 5) is 18.6. The van der Waals surface area contributed by atoms with Crippen molar-refractivity contribution in [2.45, 2.75) is 19.3 Å². The van der Waals surface area contributed by atoms with Gasteiger partial charge in [-0.3, -0.25) is 10.2 Å². The number of hydrogen-bond acceptors (Lipinski definition) is 6. The normalized spacial score (nSPS) is 14.1. The van der Waals surface area contributed by atoms with E-state index in [9.17, 15) is 4.79 Å². The number of nitrogens with zero attached hydrogens (tertiary/aromatic N) is 3. The molecule has 3 aromatic rings. The molecular weight excluding hydrogens is 396 g/mol. The average Bonchev–Trinajstić information content (AvgIpc) is 3.28. The Hall–Kier alpha value is -3.19. The fourth-order valence-electron chi connectivity index (χ4n) is 3.26. The second-order valence-corrected chi connectivity index (χ2v) is 7.93. The van der Waals surface area contributed by atoms with Crippen molar-refractivity contribution >= 4 is 28.6 Å². The van der Waals surface area contributed by atoms with E-state index in [1.165, 1.54) is 17.8 Å². The summed E-state index contributed by atoms with van der Waals surface area (Å²) in [6.45, 7) is 1.77. The molecule has 30 heavy (non-hydrogen) atoms. The molecule has 0 spiro atoms. The van der Waals surface area contributed by atoms with Crippen LogP contribution < -0.4 is 10.2 Å². The van der Waals surface area contributed by atoms with Gasteiger partial charge >= 0.3 is 0 Å². The van der Waals surface area contributed by atoms with E-state index >= 15 is 0 Å². The minimum Gasteiger partial charge on any atom is -0.484 e. The highest BCUT2D eigenvalue weighted by Crippen LogP contribution is 2.24. The predicted octanol–water partition coefficient (Wildman–Crippen LogP) is 4.65. The number of nitrogens with one attached hydrogen (secondary N) is 1. The van der Waals surface area contributed by atoms with Gasteiger partial charge in [0.25, 0.3) is 5.91 Å². The van der Waals surface area contributed by atoms with E-state index in [4.69, 9.17) is 4.74 Å². The van der Waals surface area contributed by atoms with Crippen LogP contribution in [0, 0.1) is 0 Å². The van der Waals surface area contributed by atoms with E-state index in [2.05, 4.69) is 15.5 Å². The number of hydrazone groups is 1. The molecule has 1 aliphatic rings. The summed E-state index contributed by atoms with van der Waals surface area (Å²) in [6.07, 6.45) is 5.11. The highest BCUT2D eigenvalue weighted by atomic mass is 32.1. The smallest absolute Gasteiger partial charge is 0.260 e. The Bertz CT molecular complexity index is 980. The fraction of sp³-hybridized carbons (Fsp3) is 0.261. The van der Waals surface area contributed by atoms with Gasteiger partial charge in [-0.2, -0.15) is 5.10 Å². The van der Waals surface area contributed by atoms with Crippen LogP contribution in [0.4, 0.5) is 5.13 Å². The van der Waals surface area contributed by atoms with E-state index in [0.29, 0.717) is 5.75 Å². The van der Waals surface area contributed by atoms with Crippen molar-refractivity contribution in [3.63, 3.8) is 0 Å². The molecule has 1 saturated heterocycles. The minimum atomic E-state index is 0.0582. The number of likely N-dealkylation sites (tertiary alicyclic amines) is 1. The molecule has 2 aromatic carbocycles. The zero-order valence-electron chi connectivity index (χ0n) is 16.7. The average molecular weight is 421 g/mol. The van der Waals surface area contributed by atoms with E-state index in [1.54, 1.807) is 6.21 Å². The van der Waals surface area contributed by atoms with Crippen molar-refractivity contribution in [2.75, 3.05) is 25.1 Å². The molecule has 0 atom stereocenters. The van der Waals surface area contributed by atoms with Crippen molar-refractivity contribution < 1.29 is 9.53 Å². The van der Waals surface area contributed by atoms with Gasteiger partial charge in [-0.05, 0) is 49.1 Å². The molecule has 0 saturated carbocycles. The summed E-state index contributed by atoms with van der Waals surface area (Å²) in [6, 6.07) is 17.6. The topological polar surface area (TPSA) is 66.8 Å². The number of piperidine rings is 1. The Morgan fingerprint density at radius 2 is 1.87 bits per heavy atom.